The molecule has 1 aromatic heterocycles. The number of amides is 1. The van der Waals surface area contributed by atoms with E-state index in [1.165, 1.54) is 7.11 Å². The minimum Gasteiger partial charge on any atom is -0.495 e. The number of methoxy groups -OCH3 is 1. The van der Waals surface area contributed by atoms with Crippen molar-refractivity contribution < 1.29 is 13.9 Å². The molecule has 35 heavy (non-hydrogen) atoms. The van der Waals surface area contributed by atoms with Crippen LogP contribution in [0.5, 0.6) is 5.75 Å². The number of hydrogen-bond acceptors (Lipinski definition) is 8. The summed E-state index contributed by atoms with van der Waals surface area (Å²) in [7, 11) is 5.20. The molecule has 2 heterocycles. The van der Waals surface area contributed by atoms with Crippen molar-refractivity contribution in [1.29, 1.82) is 0 Å². The number of rotatable bonds is 7. The molecule has 0 aliphatic carbocycles. The summed E-state index contributed by atoms with van der Waals surface area (Å²) in [6, 6.07) is 10.5. The van der Waals surface area contributed by atoms with Gasteiger partial charge < -0.3 is 30.5 Å². The van der Waals surface area contributed by atoms with Gasteiger partial charge in [-0.25, -0.2) is 9.37 Å². The Kier molecular flexibility index (Phi) is 7.52. The number of carbonyl (C=O) groups is 1. The van der Waals surface area contributed by atoms with Crippen molar-refractivity contribution in [3.63, 3.8) is 0 Å². The van der Waals surface area contributed by atoms with Crippen molar-refractivity contribution in [3.8, 4) is 5.75 Å². The van der Waals surface area contributed by atoms with Gasteiger partial charge in [0.25, 0.3) is 5.91 Å². The largest absolute Gasteiger partial charge is 0.495 e. The van der Waals surface area contributed by atoms with Crippen molar-refractivity contribution in [1.82, 2.24) is 20.2 Å². The Morgan fingerprint density at radius 1 is 1.09 bits per heavy atom. The van der Waals surface area contributed by atoms with E-state index < -0.39 is 5.82 Å². The number of halogens is 2. The van der Waals surface area contributed by atoms with Crippen molar-refractivity contribution in [2.75, 3.05) is 62.9 Å². The van der Waals surface area contributed by atoms with E-state index in [4.69, 9.17) is 16.3 Å². The second-order valence-electron chi connectivity index (χ2n) is 8.09. The van der Waals surface area contributed by atoms with E-state index in [0.29, 0.717) is 27.7 Å². The molecule has 1 amide bonds. The zero-order valence-corrected chi connectivity index (χ0v) is 20.5. The fraction of sp³-hybridized carbons (Fsp3) is 0.292. The molecule has 1 aliphatic heterocycles. The second kappa shape index (κ2) is 10.7. The third-order valence-electron chi connectivity index (χ3n) is 5.73. The van der Waals surface area contributed by atoms with Gasteiger partial charge in [0.1, 0.15) is 5.75 Å². The van der Waals surface area contributed by atoms with E-state index in [9.17, 15) is 9.18 Å². The Balaban J connectivity index is 1.56. The molecule has 0 atom stereocenters. The molecule has 1 aliphatic rings. The normalized spacial score (nSPS) is 13.9. The van der Waals surface area contributed by atoms with Crippen LogP contribution in [0, 0.1) is 5.82 Å². The van der Waals surface area contributed by atoms with Crippen LogP contribution in [0.25, 0.3) is 0 Å². The van der Waals surface area contributed by atoms with Crippen molar-refractivity contribution in [3.05, 3.63) is 59.0 Å². The molecule has 184 valence electrons. The SMILES string of the molecule is CNC(=O)c1cc(Nc2ncc(F)c(Nc3ccc(OC)c(Cl)c3)n2)ccc1N1CCN(C)CC1. The van der Waals surface area contributed by atoms with Gasteiger partial charge in [-0.2, -0.15) is 4.98 Å². The maximum absolute atomic E-state index is 14.4. The molecule has 1 fully saturated rings. The number of ether oxygens (including phenoxy) is 1. The van der Waals surface area contributed by atoms with Crippen LogP contribution in [-0.4, -0.2) is 68.2 Å². The minimum atomic E-state index is -0.626. The lowest BCUT2D eigenvalue weighted by Crippen LogP contribution is -2.45. The average Bonchev–Trinajstić information content (AvgIpc) is 2.86. The van der Waals surface area contributed by atoms with Crippen molar-refractivity contribution in [2.45, 2.75) is 0 Å². The molecule has 0 saturated carbocycles. The molecule has 2 aromatic carbocycles. The number of nitrogens with one attached hydrogen (secondary N) is 3. The van der Waals surface area contributed by atoms with Gasteiger partial charge in [-0.3, -0.25) is 4.79 Å². The van der Waals surface area contributed by atoms with Gasteiger partial charge in [-0.05, 0) is 43.4 Å². The van der Waals surface area contributed by atoms with E-state index in [0.717, 1.165) is 38.1 Å². The minimum absolute atomic E-state index is 0.0238. The standard InChI is InChI=1S/C24H27ClFN7O2/c1-27-23(34)17-12-15(4-6-20(17)33-10-8-32(2)9-11-33)30-24-28-14-19(26)22(31-24)29-16-5-7-21(35-3)18(25)13-16/h4-7,12-14H,8-11H2,1-3H3,(H,27,34)(H2,28,29,30,31). The summed E-state index contributed by atoms with van der Waals surface area (Å²) < 4.78 is 19.6. The van der Waals surface area contributed by atoms with Crippen LogP contribution in [0.4, 0.5) is 33.2 Å². The van der Waals surface area contributed by atoms with Crippen LogP contribution in [0.2, 0.25) is 5.02 Å². The highest BCUT2D eigenvalue weighted by Crippen LogP contribution is 2.30. The van der Waals surface area contributed by atoms with E-state index in [1.54, 1.807) is 31.3 Å². The summed E-state index contributed by atoms with van der Waals surface area (Å²) in [6.45, 7) is 3.51. The second-order valence-corrected chi connectivity index (χ2v) is 8.50. The number of aromatic nitrogens is 2. The van der Waals surface area contributed by atoms with Crippen LogP contribution >= 0.6 is 11.6 Å². The van der Waals surface area contributed by atoms with Crippen molar-refractivity contribution in [2.24, 2.45) is 0 Å². The Morgan fingerprint density at radius 2 is 1.80 bits per heavy atom. The van der Waals surface area contributed by atoms with Crippen LogP contribution in [0.15, 0.2) is 42.6 Å². The predicted molar refractivity (Wildman–Crippen MR) is 136 cm³/mol. The summed E-state index contributed by atoms with van der Waals surface area (Å²) in [5, 5.41) is 9.05. The molecule has 4 rings (SSSR count). The molecule has 11 heteroatoms. The lowest BCUT2D eigenvalue weighted by Gasteiger charge is -2.35. The number of benzene rings is 2. The number of piperazine rings is 1. The first-order chi connectivity index (χ1) is 16.9. The van der Waals surface area contributed by atoms with Gasteiger partial charge in [-0.1, -0.05) is 11.6 Å². The first-order valence-corrected chi connectivity index (χ1v) is 11.5. The zero-order chi connectivity index (χ0) is 24.9. The fourth-order valence-corrected chi connectivity index (χ4v) is 4.04. The molecule has 9 nitrogen and oxygen atoms in total. The summed E-state index contributed by atoms with van der Waals surface area (Å²) in [5.41, 5.74) is 2.54. The lowest BCUT2D eigenvalue weighted by molar-refractivity contribution is 0.0963. The van der Waals surface area contributed by atoms with Gasteiger partial charge in [-0.15, -0.1) is 0 Å². The Hall–Kier alpha value is -3.63. The van der Waals surface area contributed by atoms with Crippen LogP contribution in [0.3, 0.4) is 0 Å². The van der Waals surface area contributed by atoms with Crippen LogP contribution < -0.4 is 25.6 Å². The third kappa shape index (κ3) is 5.72. The molecule has 3 N–H and O–H groups in total. The molecule has 0 bridgehead atoms. The highest BCUT2D eigenvalue weighted by molar-refractivity contribution is 6.32. The first kappa shape index (κ1) is 24.5. The predicted octanol–water partition coefficient (Wildman–Crippen LogP) is 3.88. The molecular formula is C24H27ClFN7O2. The smallest absolute Gasteiger partial charge is 0.253 e. The summed E-state index contributed by atoms with van der Waals surface area (Å²) >= 11 is 6.16. The highest BCUT2D eigenvalue weighted by Gasteiger charge is 2.20. The Bertz CT molecular complexity index is 1220. The molecular weight excluding hydrogens is 473 g/mol. The van der Waals surface area contributed by atoms with Crippen LogP contribution in [0.1, 0.15) is 10.4 Å². The van der Waals surface area contributed by atoms with E-state index in [2.05, 4.69) is 42.8 Å². The molecule has 1 saturated heterocycles. The highest BCUT2D eigenvalue weighted by atomic mass is 35.5. The number of carbonyl (C=O) groups excluding carboxylic acids is 1. The van der Waals surface area contributed by atoms with Gasteiger partial charge in [0.15, 0.2) is 11.6 Å². The topological polar surface area (TPSA) is 94.6 Å². The number of hydrogen-bond donors (Lipinski definition) is 3. The number of anilines is 5. The van der Waals surface area contributed by atoms with Gasteiger partial charge in [0.2, 0.25) is 5.95 Å². The molecule has 0 spiro atoms. The summed E-state index contributed by atoms with van der Waals surface area (Å²) in [4.78, 5) is 25.4. The maximum Gasteiger partial charge on any atom is 0.253 e. The molecule has 0 unspecified atom stereocenters. The first-order valence-electron chi connectivity index (χ1n) is 11.1. The molecule has 0 radical (unpaired) electrons. The zero-order valence-electron chi connectivity index (χ0n) is 19.7. The van der Waals surface area contributed by atoms with Crippen molar-refractivity contribution >= 4 is 46.3 Å². The monoisotopic (exact) mass is 499 g/mol. The Labute approximate surface area is 208 Å². The van der Waals surface area contributed by atoms with Gasteiger partial charge in [0.05, 0.1) is 23.9 Å². The number of nitrogens with zero attached hydrogens (tertiary/aromatic N) is 4. The number of likely N-dealkylation sites (N-methyl/N-ethyl adjacent to an activating group) is 1. The maximum atomic E-state index is 14.4. The summed E-state index contributed by atoms with van der Waals surface area (Å²) in [6.07, 6.45) is 1.07. The lowest BCUT2D eigenvalue weighted by atomic mass is 10.1. The fourth-order valence-electron chi connectivity index (χ4n) is 3.78. The van der Waals surface area contributed by atoms with E-state index in [1.807, 2.05) is 12.1 Å². The summed E-state index contributed by atoms with van der Waals surface area (Å²) in [5.74, 6) is -0.164. The van der Waals surface area contributed by atoms with E-state index >= 15 is 0 Å². The third-order valence-corrected chi connectivity index (χ3v) is 6.02. The Morgan fingerprint density at radius 3 is 2.49 bits per heavy atom. The van der Waals surface area contributed by atoms with Crippen LogP contribution in [-0.2, 0) is 0 Å². The molecule has 3 aromatic rings. The van der Waals surface area contributed by atoms with E-state index in [-0.39, 0.29) is 17.7 Å². The average molecular weight is 500 g/mol. The van der Waals surface area contributed by atoms with Gasteiger partial charge >= 0.3 is 0 Å². The quantitative estimate of drug-likeness (QED) is 0.451. The van der Waals surface area contributed by atoms with Gasteiger partial charge in [0, 0.05) is 50.3 Å².